The van der Waals surface area contributed by atoms with Gasteiger partial charge in [-0.3, -0.25) is 9.59 Å². The van der Waals surface area contributed by atoms with Crippen molar-refractivity contribution in [3.05, 3.63) is 87.3 Å². The van der Waals surface area contributed by atoms with Gasteiger partial charge in [-0.15, -0.1) is 0 Å². The molecule has 2 aromatic carbocycles. The summed E-state index contributed by atoms with van der Waals surface area (Å²) in [4.78, 5) is 36.2. The smallest absolute Gasteiger partial charge is 0.253 e. The van der Waals surface area contributed by atoms with Gasteiger partial charge in [0.25, 0.3) is 5.56 Å². The van der Waals surface area contributed by atoms with E-state index in [4.69, 9.17) is 11.6 Å². The quantitative estimate of drug-likeness (QED) is 0.444. The molecule has 1 atom stereocenters. The monoisotopic (exact) mass is 418 g/mol. The summed E-state index contributed by atoms with van der Waals surface area (Å²) in [5, 5.41) is 4.62. The highest BCUT2D eigenvalue weighted by atomic mass is 35.5. The van der Waals surface area contributed by atoms with Crippen LogP contribution in [-0.2, 0) is 0 Å². The van der Waals surface area contributed by atoms with Gasteiger partial charge < -0.3 is 10.3 Å². The molecule has 4 rings (SSSR count). The van der Waals surface area contributed by atoms with E-state index in [0.717, 1.165) is 16.5 Å². The predicted molar refractivity (Wildman–Crippen MR) is 119 cm³/mol. The molecule has 0 spiro atoms. The van der Waals surface area contributed by atoms with Crippen molar-refractivity contribution >= 4 is 34.2 Å². The number of pyridine rings is 1. The van der Waals surface area contributed by atoms with Crippen LogP contribution in [0.2, 0.25) is 5.02 Å². The number of ketones is 1. The molecule has 0 saturated heterocycles. The Morgan fingerprint density at radius 1 is 1.13 bits per heavy atom. The molecule has 0 aliphatic carbocycles. The number of carbonyl (C=O) groups excluding carboxylic acids is 1. The van der Waals surface area contributed by atoms with Crippen molar-refractivity contribution in [2.45, 2.75) is 19.9 Å². The van der Waals surface area contributed by atoms with Crippen LogP contribution in [0.1, 0.15) is 35.8 Å². The Hall–Kier alpha value is -3.51. The summed E-state index contributed by atoms with van der Waals surface area (Å²) in [6, 6.07) is 15.8. The van der Waals surface area contributed by atoms with Crippen LogP contribution in [0.5, 0.6) is 0 Å². The molecule has 0 unspecified atom stereocenters. The molecule has 0 radical (unpaired) electrons. The molecule has 2 heterocycles. The van der Waals surface area contributed by atoms with E-state index in [1.165, 1.54) is 6.92 Å². The second-order valence-corrected chi connectivity index (χ2v) is 7.46. The third kappa shape index (κ3) is 3.95. The second kappa shape index (κ2) is 8.08. The third-order valence-corrected chi connectivity index (χ3v) is 5.12. The Morgan fingerprint density at radius 2 is 1.93 bits per heavy atom. The average molecular weight is 419 g/mol. The number of aromatic nitrogens is 3. The van der Waals surface area contributed by atoms with Crippen LogP contribution in [0.25, 0.3) is 22.2 Å². The molecule has 6 nitrogen and oxygen atoms in total. The maximum absolute atomic E-state index is 12.6. The molecule has 30 heavy (non-hydrogen) atoms. The molecule has 150 valence electrons. The summed E-state index contributed by atoms with van der Waals surface area (Å²) in [7, 11) is 0. The van der Waals surface area contributed by atoms with Crippen molar-refractivity contribution in [2.75, 3.05) is 5.32 Å². The largest absolute Gasteiger partial charge is 0.347 e. The van der Waals surface area contributed by atoms with Crippen LogP contribution in [-0.4, -0.2) is 20.7 Å². The van der Waals surface area contributed by atoms with E-state index in [9.17, 15) is 9.59 Å². The lowest BCUT2D eigenvalue weighted by Crippen LogP contribution is -2.20. The number of Topliss-reactive ketones (excluding diaryl/α,β-unsaturated/α-hetero) is 1. The zero-order valence-electron chi connectivity index (χ0n) is 16.4. The van der Waals surface area contributed by atoms with E-state index in [0.29, 0.717) is 27.8 Å². The van der Waals surface area contributed by atoms with Crippen LogP contribution in [0, 0.1) is 0 Å². The first-order valence-corrected chi connectivity index (χ1v) is 9.82. The molecular weight excluding hydrogens is 400 g/mol. The standard InChI is InChI=1S/C23H19ClN4O2/c1-13(19-12-15-11-16(24)7-8-20(15)27-22(19)30)26-23-25-10-9-21(28-23)18-6-4-3-5-17(18)14(2)29/h3-13H,1-2H3,(H,27,30)(H,25,26,28)/t13-/m0/s1. The highest BCUT2D eigenvalue weighted by Gasteiger charge is 2.15. The van der Waals surface area contributed by atoms with Crippen molar-refractivity contribution in [2.24, 2.45) is 0 Å². The minimum absolute atomic E-state index is 0.0338. The molecule has 0 saturated carbocycles. The normalized spacial score (nSPS) is 12.0. The maximum Gasteiger partial charge on any atom is 0.253 e. The summed E-state index contributed by atoms with van der Waals surface area (Å²) >= 11 is 6.08. The van der Waals surface area contributed by atoms with Gasteiger partial charge in [-0.1, -0.05) is 35.9 Å². The second-order valence-electron chi connectivity index (χ2n) is 7.02. The number of rotatable bonds is 5. The number of H-pyrrole nitrogens is 1. The summed E-state index contributed by atoms with van der Waals surface area (Å²) in [6.07, 6.45) is 1.62. The first-order chi connectivity index (χ1) is 14.4. The number of fused-ring (bicyclic) bond motifs is 1. The first kappa shape index (κ1) is 19.8. The van der Waals surface area contributed by atoms with Crippen LogP contribution in [0.4, 0.5) is 5.95 Å². The van der Waals surface area contributed by atoms with Gasteiger partial charge in [0.15, 0.2) is 5.78 Å². The number of nitrogens with zero attached hydrogens (tertiary/aromatic N) is 2. The Bertz CT molecular complexity index is 1320. The van der Waals surface area contributed by atoms with Gasteiger partial charge in [0.05, 0.1) is 11.7 Å². The van der Waals surface area contributed by atoms with Gasteiger partial charge in [-0.25, -0.2) is 9.97 Å². The lowest BCUT2D eigenvalue weighted by atomic mass is 10.0. The van der Waals surface area contributed by atoms with Crippen molar-refractivity contribution in [3.8, 4) is 11.3 Å². The lowest BCUT2D eigenvalue weighted by molar-refractivity contribution is 0.101. The Balaban J connectivity index is 1.67. The molecule has 0 fully saturated rings. The minimum Gasteiger partial charge on any atom is -0.347 e. The molecule has 0 amide bonds. The molecule has 0 aliphatic rings. The molecule has 2 aromatic heterocycles. The van der Waals surface area contributed by atoms with Crippen LogP contribution in [0.15, 0.2) is 65.6 Å². The summed E-state index contributed by atoms with van der Waals surface area (Å²) in [5.41, 5.74) is 3.04. The summed E-state index contributed by atoms with van der Waals surface area (Å²) < 4.78 is 0. The van der Waals surface area contributed by atoms with Crippen LogP contribution in [0.3, 0.4) is 0 Å². The number of aromatic amines is 1. The molecule has 0 bridgehead atoms. The number of nitrogens with one attached hydrogen (secondary N) is 2. The molecule has 2 N–H and O–H groups in total. The van der Waals surface area contributed by atoms with E-state index in [-0.39, 0.29) is 17.4 Å². The maximum atomic E-state index is 12.6. The Labute approximate surface area is 178 Å². The third-order valence-electron chi connectivity index (χ3n) is 4.89. The van der Waals surface area contributed by atoms with Gasteiger partial charge in [0.2, 0.25) is 5.95 Å². The number of carbonyl (C=O) groups is 1. The number of anilines is 1. The van der Waals surface area contributed by atoms with E-state index in [1.54, 1.807) is 36.5 Å². The number of benzene rings is 2. The molecular formula is C23H19ClN4O2. The van der Waals surface area contributed by atoms with Gasteiger partial charge in [0.1, 0.15) is 0 Å². The van der Waals surface area contributed by atoms with E-state index in [1.807, 2.05) is 31.2 Å². The van der Waals surface area contributed by atoms with Crippen molar-refractivity contribution in [1.82, 2.24) is 15.0 Å². The van der Waals surface area contributed by atoms with Gasteiger partial charge in [-0.2, -0.15) is 0 Å². The van der Waals surface area contributed by atoms with E-state index in [2.05, 4.69) is 20.3 Å². The highest BCUT2D eigenvalue weighted by Crippen LogP contribution is 2.24. The van der Waals surface area contributed by atoms with Gasteiger partial charge in [-0.05, 0) is 44.2 Å². The SMILES string of the molecule is CC(=O)c1ccccc1-c1ccnc(N[C@@H](C)c2cc3cc(Cl)ccc3[nH]c2=O)n1. The van der Waals surface area contributed by atoms with Crippen LogP contribution >= 0.6 is 11.6 Å². The number of halogens is 1. The minimum atomic E-state index is -0.351. The molecule has 7 heteroatoms. The zero-order valence-corrected chi connectivity index (χ0v) is 17.2. The van der Waals surface area contributed by atoms with Gasteiger partial charge >= 0.3 is 0 Å². The topological polar surface area (TPSA) is 87.7 Å². The Morgan fingerprint density at radius 3 is 2.73 bits per heavy atom. The summed E-state index contributed by atoms with van der Waals surface area (Å²) in [5.74, 6) is 0.331. The average Bonchev–Trinajstić information content (AvgIpc) is 2.73. The zero-order chi connectivity index (χ0) is 21.3. The van der Waals surface area contributed by atoms with Crippen molar-refractivity contribution in [3.63, 3.8) is 0 Å². The fraction of sp³-hybridized carbons (Fsp3) is 0.130. The number of hydrogen-bond donors (Lipinski definition) is 2. The highest BCUT2D eigenvalue weighted by molar-refractivity contribution is 6.31. The first-order valence-electron chi connectivity index (χ1n) is 9.45. The predicted octanol–water partition coefficient (Wildman–Crippen LogP) is 5.01. The van der Waals surface area contributed by atoms with Crippen LogP contribution < -0.4 is 10.9 Å². The fourth-order valence-corrected chi connectivity index (χ4v) is 3.56. The number of hydrogen-bond acceptors (Lipinski definition) is 5. The van der Waals surface area contributed by atoms with E-state index < -0.39 is 0 Å². The molecule has 0 aliphatic heterocycles. The van der Waals surface area contributed by atoms with Crippen molar-refractivity contribution in [1.29, 1.82) is 0 Å². The molecule has 4 aromatic rings. The summed E-state index contributed by atoms with van der Waals surface area (Å²) in [6.45, 7) is 3.39. The van der Waals surface area contributed by atoms with Crippen molar-refractivity contribution < 1.29 is 4.79 Å². The Kier molecular flexibility index (Phi) is 5.33. The van der Waals surface area contributed by atoms with E-state index >= 15 is 0 Å². The van der Waals surface area contributed by atoms with Gasteiger partial charge in [0, 0.05) is 38.8 Å². The lowest BCUT2D eigenvalue weighted by Gasteiger charge is -2.15. The fourth-order valence-electron chi connectivity index (χ4n) is 3.38.